The van der Waals surface area contributed by atoms with E-state index in [4.69, 9.17) is 5.41 Å². The number of rotatable bonds is 6. The second kappa shape index (κ2) is 6.42. The molecule has 20 heavy (non-hydrogen) atoms. The summed E-state index contributed by atoms with van der Waals surface area (Å²) in [6, 6.07) is 8.13. The summed E-state index contributed by atoms with van der Waals surface area (Å²) in [7, 11) is 0. The molecule has 1 aliphatic rings. The van der Waals surface area contributed by atoms with Crippen LogP contribution in [0.3, 0.4) is 0 Å². The van der Waals surface area contributed by atoms with Crippen LogP contribution in [0.15, 0.2) is 30.3 Å². The average Bonchev–Trinajstić information content (AvgIpc) is 2.46. The molecule has 3 heteroatoms. The van der Waals surface area contributed by atoms with Gasteiger partial charge in [-0.15, -0.1) is 0 Å². The number of fused-ring (bicyclic) bond motifs is 1. The first-order valence-corrected chi connectivity index (χ1v) is 6.91. The Kier molecular flexibility index (Phi) is 4.61. The fourth-order valence-corrected chi connectivity index (χ4v) is 2.74. The van der Waals surface area contributed by atoms with Crippen LogP contribution in [0.2, 0.25) is 0 Å². The highest BCUT2D eigenvalue weighted by Gasteiger charge is 2.27. The van der Waals surface area contributed by atoms with Gasteiger partial charge in [-0.25, -0.2) is 0 Å². The molecule has 0 amide bonds. The molecule has 0 heterocycles. The zero-order valence-electron chi connectivity index (χ0n) is 11.6. The molecule has 0 fully saturated rings. The van der Waals surface area contributed by atoms with Gasteiger partial charge in [0.25, 0.3) is 0 Å². The van der Waals surface area contributed by atoms with Crippen LogP contribution in [-0.2, 0) is 16.0 Å². The second-order valence-electron chi connectivity index (χ2n) is 5.32. The largest absolute Gasteiger partial charge is 0.305 e. The predicted octanol–water partition coefficient (Wildman–Crippen LogP) is 3.08. The van der Waals surface area contributed by atoms with E-state index < -0.39 is 0 Å². The summed E-state index contributed by atoms with van der Waals surface area (Å²) in [4.78, 5) is 23.1. The Hall–Kier alpha value is -2.03. The molecule has 1 aromatic rings. The van der Waals surface area contributed by atoms with Crippen LogP contribution < -0.4 is 0 Å². The monoisotopic (exact) mass is 269 g/mol. The number of ketones is 2. The lowest BCUT2D eigenvalue weighted by Crippen LogP contribution is -2.27. The van der Waals surface area contributed by atoms with Gasteiger partial charge >= 0.3 is 0 Å². The van der Waals surface area contributed by atoms with Crippen molar-refractivity contribution in [2.24, 2.45) is 11.8 Å². The van der Waals surface area contributed by atoms with E-state index in [1.807, 2.05) is 18.2 Å². The Labute approximate surface area is 119 Å². The van der Waals surface area contributed by atoms with Gasteiger partial charge in [-0.3, -0.25) is 4.79 Å². The minimum absolute atomic E-state index is 0.0818. The van der Waals surface area contributed by atoms with Gasteiger partial charge in [0.2, 0.25) is 0 Å². The van der Waals surface area contributed by atoms with Crippen molar-refractivity contribution in [3.63, 3.8) is 0 Å². The number of nitrogens with one attached hydrogen (secondary N) is 1. The summed E-state index contributed by atoms with van der Waals surface area (Å²) < 4.78 is 0. The van der Waals surface area contributed by atoms with Gasteiger partial charge in [-0.2, -0.15) is 0 Å². The third kappa shape index (κ3) is 3.29. The predicted molar refractivity (Wildman–Crippen MR) is 79.9 cm³/mol. The highest BCUT2D eigenvalue weighted by molar-refractivity contribution is 6.27. The highest BCUT2D eigenvalue weighted by Crippen LogP contribution is 2.30. The van der Waals surface area contributed by atoms with Crippen LogP contribution in [0.25, 0.3) is 6.08 Å². The van der Waals surface area contributed by atoms with Gasteiger partial charge in [-0.1, -0.05) is 36.4 Å². The average molecular weight is 269 g/mol. The molecule has 2 rings (SSSR count). The molecule has 0 radical (unpaired) electrons. The summed E-state index contributed by atoms with van der Waals surface area (Å²) in [6.07, 6.45) is 6.71. The molecule has 1 N–H and O–H groups in total. The molecule has 3 nitrogen and oxygen atoms in total. The van der Waals surface area contributed by atoms with Crippen molar-refractivity contribution in [1.29, 1.82) is 5.41 Å². The van der Waals surface area contributed by atoms with E-state index in [9.17, 15) is 9.59 Å². The standard InChI is InChI=1S/C17H19NO2/c1-12(19)6-9-16(17(20)11-18)15-8-7-13-4-2-3-5-14(13)10-15/h2-5,7-8,11,15-16,18H,6,9-10H2,1H3. The molecule has 104 valence electrons. The molecule has 2 atom stereocenters. The Morgan fingerprint density at radius 1 is 1.40 bits per heavy atom. The van der Waals surface area contributed by atoms with Crippen LogP contribution >= 0.6 is 0 Å². The summed E-state index contributed by atoms with van der Waals surface area (Å²) in [5, 5.41) is 7.20. The van der Waals surface area contributed by atoms with Crippen LogP contribution in [0.4, 0.5) is 0 Å². The van der Waals surface area contributed by atoms with Gasteiger partial charge in [0.05, 0.1) is 6.21 Å². The number of benzene rings is 1. The van der Waals surface area contributed by atoms with Crippen molar-refractivity contribution in [3.05, 3.63) is 41.5 Å². The smallest absolute Gasteiger partial charge is 0.176 e. The molecule has 0 saturated carbocycles. The highest BCUT2D eigenvalue weighted by atomic mass is 16.1. The van der Waals surface area contributed by atoms with Crippen molar-refractivity contribution in [1.82, 2.24) is 0 Å². The van der Waals surface area contributed by atoms with Crippen LogP contribution in [0.5, 0.6) is 0 Å². The van der Waals surface area contributed by atoms with Crippen LogP contribution in [0, 0.1) is 17.2 Å². The molecule has 0 aromatic heterocycles. The van der Waals surface area contributed by atoms with E-state index in [1.165, 1.54) is 18.1 Å². The zero-order chi connectivity index (χ0) is 14.5. The second-order valence-corrected chi connectivity index (χ2v) is 5.32. The minimum Gasteiger partial charge on any atom is -0.305 e. The number of Topliss-reactive ketones (excluding diaryl/α,β-unsaturated/α-hetero) is 2. The summed E-state index contributed by atoms with van der Waals surface area (Å²) >= 11 is 0. The maximum Gasteiger partial charge on any atom is 0.176 e. The van der Waals surface area contributed by atoms with E-state index in [1.54, 1.807) is 0 Å². The van der Waals surface area contributed by atoms with Crippen molar-refractivity contribution >= 4 is 23.9 Å². The van der Waals surface area contributed by atoms with Crippen molar-refractivity contribution in [2.45, 2.75) is 26.2 Å². The number of hydrogen-bond acceptors (Lipinski definition) is 3. The van der Waals surface area contributed by atoms with Gasteiger partial charge < -0.3 is 10.2 Å². The van der Waals surface area contributed by atoms with E-state index in [0.29, 0.717) is 12.8 Å². The number of allylic oxidation sites excluding steroid dienone is 1. The van der Waals surface area contributed by atoms with E-state index in [2.05, 4.69) is 18.2 Å². The number of carbonyl (C=O) groups is 2. The molecule has 1 aromatic carbocycles. The quantitative estimate of drug-likeness (QED) is 0.807. The Bertz CT molecular complexity index is 560. The third-order valence-electron chi connectivity index (χ3n) is 3.87. The molecule has 0 spiro atoms. The first-order chi connectivity index (χ1) is 9.61. The lowest BCUT2D eigenvalue weighted by atomic mass is 9.77. The lowest BCUT2D eigenvalue weighted by Gasteiger charge is -2.25. The van der Waals surface area contributed by atoms with Gasteiger partial charge in [0.15, 0.2) is 5.78 Å². The summed E-state index contributed by atoms with van der Waals surface area (Å²) in [5.41, 5.74) is 2.42. The molecular formula is C17H19NO2. The fraction of sp³-hybridized carbons (Fsp3) is 0.353. The van der Waals surface area contributed by atoms with E-state index in [-0.39, 0.29) is 23.4 Å². The fourth-order valence-electron chi connectivity index (χ4n) is 2.74. The first kappa shape index (κ1) is 14.4. The van der Waals surface area contributed by atoms with Crippen LogP contribution in [0.1, 0.15) is 30.9 Å². The first-order valence-electron chi connectivity index (χ1n) is 6.91. The molecule has 0 bridgehead atoms. The minimum atomic E-state index is -0.263. The lowest BCUT2D eigenvalue weighted by molar-refractivity contribution is -0.119. The molecular weight excluding hydrogens is 250 g/mol. The molecule has 0 saturated heterocycles. The molecule has 2 unspecified atom stereocenters. The maximum atomic E-state index is 11.9. The topological polar surface area (TPSA) is 58.0 Å². The zero-order valence-corrected chi connectivity index (χ0v) is 11.6. The number of carbonyl (C=O) groups excluding carboxylic acids is 2. The van der Waals surface area contributed by atoms with Crippen molar-refractivity contribution in [3.8, 4) is 0 Å². The van der Waals surface area contributed by atoms with Gasteiger partial charge in [-0.05, 0) is 36.8 Å². The third-order valence-corrected chi connectivity index (χ3v) is 3.87. The summed E-state index contributed by atoms with van der Waals surface area (Å²) in [6.45, 7) is 1.54. The van der Waals surface area contributed by atoms with E-state index >= 15 is 0 Å². The summed E-state index contributed by atoms with van der Waals surface area (Å²) in [5.74, 6) is -0.271. The van der Waals surface area contributed by atoms with Gasteiger partial charge in [0, 0.05) is 12.3 Å². The maximum absolute atomic E-state index is 11.9. The molecule has 1 aliphatic carbocycles. The van der Waals surface area contributed by atoms with E-state index in [0.717, 1.165) is 12.6 Å². The number of hydrogen-bond donors (Lipinski definition) is 1. The molecule has 0 aliphatic heterocycles. The SMILES string of the molecule is CC(=O)CCC(C(=O)C=N)C1C=Cc2ccccc2C1. The Balaban J connectivity index is 2.17. The van der Waals surface area contributed by atoms with Gasteiger partial charge in [0.1, 0.15) is 5.78 Å². The Morgan fingerprint density at radius 3 is 2.85 bits per heavy atom. The van der Waals surface area contributed by atoms with Crippen LogP contribution in [-0.4, -0.2) is 17.8 Å². The Morgan fingerprint density at radius 2 is 2.15 bits per heavy atom. The van der Waals surface area contributed by atoms with Crippen molar-refractivity contribution in [2.75, 3.05) is 0 Å². The normalized spacial score (nSPS) is 18.1. The van der Waals surface area contributed by atoms with Crippen molar-refractivity contribution < 1.29 is 9.59 Å².